The van der Waals surface area contributed by atoms with E-state index >= 15 is 0 Å². The summed E-state index contributed by atoms with van der Waals surface area (Å²) in [5.41, 5.74) is 5.39. The Morgan fingerprint density at radius 1 is 1.12 bits per heavy atom. The van der Waals surface area contributed by atoms with Gasteiger partial charge in [-0.2, -0.15) is 10.2 Å². The van der Waals surface area contributed by atoms with Gasteiger partial charge in [-0.15, -0.1) is 0 Å². The Bertz CT molecular complexity index is 1470. The zero-order valence-electron chi connectivity index (χ0n) is 24.5. The van der Waals surface area contributed by atoms with Crippen molar-refractivity contribution >= 4 is 17.4 Å². The third-order valence-corrected chi connectivity index (χ3v) is 9.67. The van der Waals surface area contributed by atoms with Crippen LogP contribution in [0.5, 0.6) is 0 Å². The molecule has 0 unspecified atom stereocenters. The van der Waals surface area contributed by atoms with Gasteiger partial charge in [-0.05, 0) is 54.9 Å². The van der Waals surface area contributed by atoms with Crippen LogP contribution in [0.15, 0.2) is 24.5 Å². The maximum absolute atomic E-state index is 14.5. The van der Waals surface area contributed by atoms with Gasteiger partial charge in [-0.25, -0.2) is 8.78 Å². The second-order valence-corrected chi connectivity index (χ2v) is 12.5. The summed E-state index contributed by atoms with van der Waals surface area (Å²) in [6.07, 6.45) is 5.40. The number of aromatic nitrogens is 4. The molecule has 6 heterocycles. The molecule has 1 aromatic carbocycles. The Hall–Kier alpha value is -3.31. The number of halogens is 2. The summed E-state index contributed by atoms with van der Waals surface area (Å²) in [4.78, 5) is 19.1. The number of alkyl halides is 2. The number of likely N-dealkylation sites (tertiary alicyclic amines) is 1. The first-order valence-electron chi connectivity index (χ1n) is 15.4. The highest BCUT2D eigenvalue weighted by atomic mass is 19.3. The van der Waals surface area contributed by atoms with Gasteiger partial charge in [0.1, 0.15) is 0 Å². The second-order valence-electron chi connectivity index (χ2n) is 12.5. The summed E-state index contributed by atoms with van der Waals surface area (Å²) in [6.45, 7) is 9.04. The lowest BCUT2D eigenvalue weighted by Crippen LogP contribution is -2.49. The van der Waals surface area contributed by atoms with Crippen molar-refractivity contribution in [2.45, 2.75) is 58.0 Å². The van der Waals surface area contributed by atoms with Crippen molar-refractivity contribution in [1.82, 2.24) is 34.7 Å². The molecule has 2 aromatic heterocycles. The molecule has 0 spiro atoms. The quantitative estimate of drug-likeness (QED) is 0.476. The zero-order chi connectivity index (χ0) is 29.0. The van der Waals surface area contributed by atoms with Crippen LogP contribution in [0.4, 0.5) is 20.3 Å². The van der Waals surface area contributed by atoms with E-state index in [1.54, 1.807) is 37.1 Å². The molecular weight excluding hydrogens is 538 g/mol. The standard InChI is InChI=1S/C31H40F2N8O/c1-20(42)39-11-7-28-27(19-39)31(36-41(28)24-5-9-38(10-6-24)17-21-14-34-15-21)40-8-3-4-22-12-25(23-16-35-37(2)18-23)26(30(32)33)13-29(22)40/h12-13,16,18,21,24,30,34H,3-11,14-15,17,19H2,1-2H3. The van der Waals surface area contributed by atoms with Crippen LogP contribution in [-0.4, -0.2) is 81.1 Å². The van der Waals surface area contributed by atoms with Crippen molar-refractivity contribution in [2.75, 3.05) is 50.7 Å². The first-order chi connectivity index (χ1) is 20.4. The van der Waals surface area contributed by atoms with Gasteiger partial charge in [0, 0.05) is 100 Å². The van der Waals surface area contributed by atoms with Crippen LogP contribution in [-0.2, 0) is 31.2 Å². The largest absolute Gasteiger partial charge is 0.338 e. The van der Waals surface area contributed by atoms with Crippen molar-refractivity contribution in [3.8, 4) is 11.1 Å². The van der Waals surface area contributed by atoms with Crippen LogP contribution in [0.3, 0.4) is 0 Å². The number of anilines is 2. The third kappa shape index (κ3) is 5.00. The van der Waals surface area contributed by atoms with E-state index in [0.717, 1.165) is 93.4 Å². The molecule has 42 heavy (non-hydrogen) atoms. The van der Waals surface area contributed by atoms with Gasteiger partial charge in [0.05, 0.1) is 18.8 Å². The monoisotopic (exact) mass is 578 g/mol. The molecule has 0 radical (unpaired) electrons. The fourth-order valence-electron chi connectivity index (χ4n) is 7.26. The highest BCUT2D eigenvalue weighted by Gasteiger charge is 2.35. The molecular formula is C31H40F2N8O. The van der Waals surface area contributed by atoms with E-state index in [4.69, 9.17) is 5.10 Å². The molecule has 0 atom stereocenters. The van der Waals surface area contributed by atoms with Crippen molar-refractivity contribution in [2.24, 2.45) is 13.0 Å². The van der Waals surface area contributed by atoms with Gasteiger partial charge in [-0.3, -0.25) is 14.2 Å². The van der Waals surface area contributed by atoms with Gasteiger partial charge in [0.15, 0.2) is 5.82 Å². The Morgan fingerprint density at radius 2 is 1.93 bits per heavy atom. The number of aryl methyl sites for hydroxylation is 2. The van der Waals surface area contributed by atoms with Crippen LogP contribution in [0.2, 0.25) is 0 Å². The summed E-state index contributed by atoms with van der Waals surface area (Å²) >= 11 is 0. The highest BCUT2D eigenvalue weighted by Crippen LogP contribution is 2.43. The number of carbonyl (C=O) groups is 1. The lowest BCUT2D eigenvalue weighted by molar-refractivity contribution is -0.129. The lowest BCUT2D eigenvalue weighted by atomic mass is 9.92. The summed E-state index contributed by atoms with van der Waals surface area (Å²) in [6, 6.07) is 3.91. The van der Waals surface area contributed by atoms with Crippen molar-refractivity contribution < 1.29 is 13.6 Å². The van der Waals surface area contributed by atoms with Gasteiger partial charge in [0.25, 0.3) is 6.43 Å². The molecule has 4 aliphatic rings. The predicted molar refractivity (Wildman–Crippen MR) is 157 cm³/mol. The SMILES string of the molecule is CC(=O)N1CCc2c(c(N3CCCc4cc(-c5cnn(C)c5)c(C(F)F)cc43)nn2C2CCN(CC3CNC3)CC2)C1. The number of amides is 1. The topological polar surface area (TPSA) is 74.5 Å². The number of piperidine rings is 1. The van der Waals surface area contributed by atoms with E-state index < -0.39 is 6.43 Å². The Morgan fingerprint density at radius 3 is 2.60 bits per heavy atom. The fraction of sp³-hybridized carbons (Fsp3) is 0.581. The number of hydrogen-bond acceptors (Lipinski definition) is 6. The number of hydrogen-bond donors (Lipinski definition) is 1. The smallest absolute Gasteiger partial charge is 0.264 e. The van der Waals surface area contributed by atoms with Crippen LogP contribution >= 0.6 is 0 Å². The molecule has 9 nitrogen and oxygen atoms in total. The van der Waals surface area contributed by atoms with Gasteiger partial charge in [0.2, 0.25) is 5.91 Å². The molecule has 11 heteroatoms. The Kier molecular flexibility index (Phi) is 7.26. The Labute approximate surface area is 245 Å². The number of carbonyl (C=O) groups excluding carboxylic acids is 1. The molecule has 1 amide bonds. The minimum absolute atomic E-state index is 0.0151. The molecule has 2 fully saturated rings. The fourth-order valence-corrected chi connectivity index (χ4v) is 7.26. The Balaban J connectivity index is 1.25. The van der Waals surface area contributed by atoms with E-state index in [1.165, 1.54) is 5.69 Å². The first kappa shape index (κ1) is 27.5. The number of fused-ring (bicyclic) bond motifs is 2. The average Bonchev–Trinajstić information content (AvgIpc) is 3.57. The maximum Gasteiger partial charge on any atom is 0.264 e. The average molecular weight is 579 g/mol. The molecule has 0 bridgehead atoms. The molecule has 3 aromatic rings. The summed E-state index contributed by atoms with van der Waals surface area (Å²) in [7, 11) is 1.80. The van der Waals surface area contributed by atoms with Crippen molar-refractivity contribution in [3.63, 3.8) is 0 Å². The van der Waals surface area contributed by atoms with E-state index in [1.807, 2.05) is 11.0 Å². The third-order valence-electron chi connectivity index (χ3n) is 9.67. The van der Waals surface area contributed by atoms with Crippen LogP contribution in [0.1, 0.15) is 61.0 Å². The number of nitrogens with one attached hydrogen (secondary N) is 1. The molecule has 1 N–H and O–H groups in total. The van der Waals surface area contributed by atoms with Gasteiger partial charge >= 0.3 is 0 Å². The molecule has 2 saturated heterocycles. The van der Waals surface area contributed by atoms with Crippen LogP contribution in [0, 0.1) is 5.92 Å². The van der Waals surface area contributed by atoms with Gasteiger partial charge in [-0.1, -0.05) is 0 Å². The van der Waals surface area contributed by atoms with Crippen molar-refractivity contribution in [3.05, 3.63) is 46.9 Å². The summed E-state index contributed by atoms with van der Waals surface area (Å²) in [5, 5.41) is 12.9. The minimum atomic E-state index is -2.62. The molecule has 7 rings (SSSR count). The van der Waals surface area contributed by atoms with Gasteiger partial charge < -0.3 is 20.0 Å². The van der Waals surface area contributed by atoms with Crippen LogP contribution in [0.25, 0.3) is 11.1 Å². The van der Waals surface area contributed by atoms with E-state index in [9.17, 15) is 13.6 Å². The van der Waals surface area contributed by atoms with Crippen LogP contribution < -0.4 is 10.2 Å². The second kappa shape index (κ2) is 11.1. The molecule has 0 aliphatic carbocycles. The minimum Gasteiger partial charge on any atom is -0.338 e. The maximum atomic E-state index is 14.5. The summed E-state index contributed by atoms with van der Waals surface area (Å²) in [5.74, 6) is 1.65. The predicted octanol–water partition coefficient (Wildman–Crippen LogP) is 4.07. The number of rotatable bonds is 6. The van der Waals surface area contributed by atoms with Crippen molar-refractivity contribution in [1.29, 1.82) is 0 Å². The normalized spacial score (nSPS) is 20.1. The molecule has 0 saturated carbocycles. The lowest BCUT2D eigenvalue weighted by Gasteiger charge is -2.38. The first-order valence-corrected chi connectivity index (χ1v) is 15.4. The summed E-state index contributed by atoms with van der Waals surface area (Å²) < 4.78 is 32.9. The highest BCUT2D eigenvalue weighted by molar-refractivity contribution is 5.78. The zero-order valence-corrected chi connectivity index (χ0v) is 24.5. The van der Waals surface area contributed by atoms with E-state index in [2.05, 4.69) is 24.9 Å². The number of nitrogens with zero attached hydrogens (tertiary/aromatic N) is 7. The molecule has 224 valence electrons. The van der Waals surface area contributed by atoms with E-state index in [0.29, 0.717) is 36.8 Å². The molecule has 4 aliphatic heterocycles. The number of benzene rings is 1. The van der Waals surface area contributed by atoms with E-state index in [-0.39, 0.29) is 11.5 Å².